The van der Waals surface area contributed by atoms with Crippen LogP contribution in [0.1, 0.15) is 20.8 Å². The number of hydrogen-bond acceptors (Lipinski definition) is 4. The zero-order valence-electron chi connectivity index (χ0n) is 8.50. The summed E-state index contributed by atoms with van der Waals surface area (Å²) in [6.45, 7) is 7.08. The third-order valence-corrected chi connectivity index (χ3v) is 1.86. The highest BCUT2D eigenvalue weighted by Gasteiger charge is 2.41. The minimum Gasteiger partial charge on any atom is -0.394 e. The predicted octanol–water partition coefficient (Wildman–Crippen LogP) is 0.537. The van der Waals surface area contributed by atoms with E-state index in [1.54, 1.807) is 0 Å². The van der Waals surface area contributed by atoms with E-state index in [1.165, 1.54) is 0 Å². The standard InChI is InChI=1S/C9H18O4/c1-8(2)12-7-9(3,13-8)6-11-5-4-10/h10H,4-7H2,1-3H3/t9-/m0/s1. The van der Waals surface area contributed by atoms with Crippen LogP contribution in [0.15, 0.2) is 0 Å². The van der Waals surface area contributed by atoms with Crippen molar-refractivity contribution in [2.45, 2.75) is 32.2 Å². The van der Waals surface area contributed by atoms with E-state index in [4.69, 9.17) is 19.3 Å². The van der Waals surface area contributed by atoms with E-state index in [0.29, 0.717) is 19.8 Å². The molecule has 1 fully saturated rings. The first-order valence-corrected chi connectivity index (χ1v) is 4.50. The molecule has 13 heavy (non-hydrogen) atoms. The second-order valence-electron chi connectivity index (χ2n) is 4.02. The Morgan fingerprint density at radius 2 is 2.08 bits per heavy atom. The van der Waals surface area contributed by atoms with Crippen LogP contribution in [0.4, 0.5) is 0 Å². The van der Waals surface area contributed by atoms with Crippen LogP contribution in [0.2, 0.25) is 0 Å². The number of hydrogen-bond donors (Lipinski definition) is 1. The quantitative estimate of drug-likeness (QED) is 0.657. The molecular weight excluding hydrogens is 172 g/mol. The number of aliphatic hydroxyl groups excluding tert-OH is 1. The van der Waals surface area contributed by atoms with Crippen LogP contribution in [0.3, 0.4) is 0 Å². The predicted molar refractivity (Wildman–Crippen MR) is 47.4 cm³/mol. The Kier molecular flexibility index (Phi) is 3.29. The minimum atomic E-state index is -0.517. The first-order valence-electron chi connectivity index (χ1n) is 4.50. The smallest absolute Gasteiger partial charge is 0.163 e. The van der Waals surface area contributed by atoms with E-state index in [2.05, 4.69) is 0 Å². The molecule has 0 radical (unpaired) electrons. The van der Waals surface area contributed by atoms with Crippen LogP contribution in [0.5, 0.6) is 0 Å². The van der Waals surface area contributed by atoms with Crippen molar-refractivity contribution >= 4 is 0 Å². The average molecular weight is 190 g/mol. The molecule has 1 saturated heterocycles. The molecule has 0 aliphatic carbocycles. The van der Waals surface area contributed by atoms with Crippen LogP contribution < -0.4 is 0 Å². The molecule has 0 aromatic heterocycles. The molecule has 0 amide bonds. The van der Waals surface area contributed by atoms with Crippen LogP contribution in [-0.4, -0.2) is 42.9 Å². The largest absolute Gasteiger partial charge is 0.394 e. The van der Waals surface area contributed by atoms with Gasteiger partial charge in [-0.2, -0.15) is 0 Å². The molecule has 1 heterocycles. The zero-order valence-corrected chi connectivity index (χ0v) is 8.50. The molecule has 4 nitrogen and oxygen atoms in total. The fourth-order valence-corrected chi connectivity index (χ4v) is 1.40. The summed E-state index contributed by atoms with van der Waals surface area (Å²) in [5.74, 6) is -0.517. The van der Waals surface area contributed by atoms with Crippen molar-refractivity contribution in [2.24, 2.45) is 0 Å². The van der Waals surface area contributed by atoms with E-state index in [0.717, 1.165) is 0 Å². The summed E-state index contributed by atoms with van der Waals surface area (Å²) in [7, 11) is 0. The highest BCUT2D eigenvalue weighted by molar-refractivity contribution is 4.83. The lowest BCUT2D eigenvalue weighted by Crippen LogP contribution is -2.36. The van der Waals surface area contributed by atoms with Gasteiger partial charge >= 0.3 is 0 Å². The fourth-order valence-electron chi connectivity index (χ4n) is 1.40. The van der Waals surface area contributed by atoms with E-state index in [9.17, 15) is 0 Å². The molecule has 4 heteroatoms. The Hall–Kier alpha value is -0.160. The second kappa shape index (κ2) is 3.92. The van der Waals surface area contributed by atoms with Gasteiger partial charge in [-0.3, -0.25) is 0 Å². The van der Waals surface area contributed by atoms with Gasteiger partial charge in [0.1, 0.15) is 5.60 Å². The Morgan fingerprint density at radius 1 is 1.38 bits per heavy atom. The van der Waals surface area contributed by atoms with Gasteiger partial charge < -0.3 is 19.3 Å². The highest BCUT2D eigenvalue weighted by atomic mass is 16.8. The van der Waals surface area contributed by atoms with Crippen molar-refractivity contribution in [3.63, 3.8) is 0 Å². The molecule has 0 spiro atoms. The Labute approximate surface area is 78.8 Å². The zero-order chi connectivity index (χ0) is 9.95. The summed E-state index contributed by atoms with van der Waals surface area (Å²) in [5, 5.41) is 8.53. The Morgan fingerprint density at radius 3 is 2.54 bits per heavy atom. The van der Waals surface area contributed by atoms with Crippen molar-refractivity contribution in [1.82, 2.24) is 0 Å². The van der Waals surface area contributed by atoms with E-state index >= 15 is 0 Å². The molecule has 1 atom stereocenters. The van der Waals surface area contributed by atoms with Gasteiger partial charge in [0.25, 0.3) is 0 Å². The Bertz CT molecular complexity index is 169. The van der Waals surface area contributed by atoms with Crippen LogP contribution in [-0.2, 0) is 14.2 Å². The lowest BCUT2D eigenvalue weighted by molar-refractivity contribution is -0.169. The van der Waals surface area contributed by atoms with Gasteiger partial charge in [-0.05, 0) is 20.8 Å². The molecule has 0 bridgehead atoms. The first kappa shape index (κ1) is 10.9. The average Bonchev–Trinajstić information content (AvgIpc) is 2.27. The van der Waals surface area contributed by atoms with Gasteiger partial charge in [0.2, 0.25) is 0 Å². The van der Waals surface area contributed by atoms with Crippen LogP contribution >= 0.6 is 0 Å². The topological polar surface area (TPSA) is 47.9 Å². The number of ether oxygens (including phenoxy) is 3. The maximum absolute atomic E-state index is 8.53. The highest BCUT2D eigenvalue weighted by Crippen LogP contribution is 2.30. The van der Waals surface area contributed by atoms with Gasteiger partial charge in [-0.15, -0.1) is 0 Å². The summed E-state index contributed by atoms with van der Waals surface area (Å²) >= 11 is 0. The molecule has 1 N–H and O–H groups in total. The maximum Gasteiger partial charge on any atom is 0.163 e. The van der Waals surface area contributed by atoms with Gasteiger partial charge in [0.05, 0.1) is 26.4 Å². The third kappa shape index (κ3) is 3.23. The van der Waals surface area contributed by atoms with Crippen molar-refractivity contribution in [3.8, 4) is 0 Å². The number of rotatable bonds is 4. The molecule has 0 aromatic carbocycles. The van der Waals surface area contributed by atoms with Crippen molar-refractivity contribution in [3.05, 3.63) is 0 Å². The molecule has 1 aliphatic rings. The first-order chi connectivity index (χ1) is 5.97. The molecular formula is C9H18O4. The lowest BCUT2D eigenvalue weighted by atomic mass is 10.1. The van der Waals surface area contributed by atoms with E-state index in [1.807, 2.05) is 20.8 Å². The summed E-state index contributed by atoms with van der Waals surface area (Å²) in [5.41, 5.74) is -0.376. The SMILES string of the molecule is CC1(C)OC[C@](C)(COCCO)O1. The minimum absolute atomic E-state index is 0.0420. The van der Waals surface area contributed by atoms with Gasteiger partial charge in [0.15, 0.2) is 5.79 Å². The summed E-state index contributed by atoms with van der Waals surface area (Å²) < 4.78 is 16.3. The third-order valence-electron chi connectivity index (χ3n) is 1.86. The monoisotopic (exact) mass is 190 g/mol. The van der Waals surface area contributed by atoms with Gasteiger partial charge in [-0.25, -0.2) is 0 Å². The maximum atomic E-state index is 8.53. The summed E-state index contributed by atoms with van der Waals surface area (Å²) in [6, 6.07) is 0. The molecule has 78 valence electrons. The van der Waals surface area contributed by atoms with E-state index in [-0.39, 0.29) is 12.2 Å². The van der Waals surface area contributed by atoms with Crippen molar-refractivity contribution in [1.29, 1.82) is 0 Å². The summed E-state index contributed by atoms with van der Waals surface area (Å²) in [4.78, 5) is 0. The van der Waals surface area contributed by atoms with E-state index < -0.39 is 5.79 Å². The summed E-state index contributed by atoms with van der Waals surface area (Å²) in [6.07, 6.45) is 0. The van der Waals surface area contributed by atoms with Crippen LogP contribution in [0.25, 0.3) is 0 Å². The molecule has 0 unspecified atom stereocenters. The molecule has 0 aromatic rings. The van der Waals surface area contributed by atoms with Gasteiger partial charge in [0, 0.05) is 0 Å². The molecule has 0 saturated carbocycles. The van der Waals surface area contributed by atoms with Crippen LogP contribution in [0, 0.1) is 0 Å². The lowest BCUT2D eigenvalue weighted by Gasteiger charge is -2.24. The molecule has 1 aliphatic heterocycles. The Balaban J connectivity index is 2.32. The van der Waals surface area contributed by atoms with Crippen molar-refractivity contribution in [2.75, 3.05) is 26.4 Å². The second-order valence-corrected chi connectivity index (χ2v) is 4.02. The number of aliphatic hydroxyl groups is 1. The normalized spacial score (nSPS) is 32.3. The fraction of sp³-hybridized carbons (Fsp3) is 1.00. The van der Waals surface area contributed by atoms with Gasteiger partial charge in [-0.1, -0.05) is 0 Å². The van der Waals surface area contributed by atoms with Crippen molar-refractivity contribution < 1.29 is 19.3 Å². The molecule has 1 rings (SSSR count).